The summed E-state index contributed by atoms with van der Waals surface area (Å²) in [7, 11) is 0. The molecular formula is C19H26N2O6. The number of nitrogens with zero attached hydrogens (tertiary/aromatic N) is 2. The van der Waals surface area contributed by atoms with Gasteiger partial charge in [0.05, 0.1) is 6.10 Å². The third-order valence-electron chi connectivity index (χ3n) is 5.16. The lowest BCUT2D eigenvalue weighted by atomic mass is 9.87. The maximum absolute atomic E-state index is 13.0. The SMILES string of the molecule is CCN(C(=O)c1ccc(N2CC(O)C2)cc1)[C@@](CC)(CCC(=O)O)C(=O)O. The Morgan fingerprint density at radius 3 is 2.15 bits per heavy atom. The molecule has 1 fully saturated rings. The highest BCUT2D eigenvalue weighted by Crippen LogP contribution is 2.29. The molecular weight excluding hydrogens is 352 g/mol. The number of carboxylic acids is 2. The lowest BCUT2D eigenvalue weighted by molar-refractivity contribution is -0.151. The number of benzene rings is 1. The van der Waals surface area contributed by atoms with Gasteiger partial charge in [0.25, 0.3) is 5.91 Å². The van der Waals surface area contributed by atoms with Gasteiger partial charge in [0.1, 0.15) is 5.54 Å². The second kappa shape index (κ2) is 8.39. The van der Waals surface area contributed by atoms with Crippen LogP contribution < -0.4 is 4.90 Å². The van der Waals surface area contributed by atoms with Gasteiger partial charge in [-0.05, 0) is 44.0 Å². The van der Waals surface area contributed by atoms with Gasteiger partial charge in [-0.2, -0.15) is 0 Å². The van der Waals surface area contributed by atoms with Crippen molar-refractivity contribution in [2.24, 2.45) is 0 Å². The fourth-order valence-electron chi connectivity index (χ4n) is 3.47. The van der Waals surface area contributed by atoms with E-state index in [0.29, 0.717) is 18.7 Å². The Labute approximate surface area is 158 Å². The van der Waals surface area contributed by atoms with E-state index >= 15 is 0 Å². The molecule has 1 heterocycles. The van der Waals surface area contributed by atoms with E-state index in [1.165, 1.54) is 4.90 Å². The molecule has 0 radical (unpaired) electrons. The average molecular weight is 378 g/mol. The summed E-state index contributed by atoms with van der Waals surface area (Å²) in [4.78, 5) is 39.2. The van der Waals surface area contributed by atoms with Gasteiger partial charge in [-0.1, -0.05) is 6.92 Å². The second-order valence-electron chi connectivity index (χ2n) is 6.74. The molecule has 8 nitrogen and oxygen atoms in total. The Bertz CT molecular complexity index is 699. The summed E-state index contributed by atoms with van der Waals surface area (Å²) >= 11 is 0. The molecule has 0 spiro atoms. The molecule has 27 heavy (non-hydrogen) atoms. The number of hydrogen-bond acceptors (Lipinski definition) is 5. The molecule has 0 aromatic heterocycles. The molecule has 1 aliphatic rings. The van der Waals surface area contributed by atoms with E-state index < -0.39 is 23.4 Å². The minimum atomic E-state index is -1.57. The number of carbonyl (C=O) groups excluding carboxylic acids is 1. The highest BCUT2D eigenvalue weighted by molar-refractivity contribution is 5.98. The smallest absolute Gasteiger partial charge is 0.329 e. The molecule has 3 N–H and O–H groups in total. The summed E-state index contributed by atoms with van der Waals surface area (Å²) < 4.78 is 0. The third kappa shape index (κ3) is 4.21. The van der Waals surface area contributed by atoms with Crippen LogP contribution >= 0.6 is 0 Å². The minimum absolute atomic E-state index is 0.110. The van der Waals surface area contributed by atoms with E-state index in [1.807, 2.05) is 4.90 Å². The number of aliphatic hydroxyl groups excluding tert-OH is 1. The second-order valence-corrected chi connectivity index (χ2v) is 6.74. The first kappa shape index (κ1) is 20.7. The molecule has 0 saturated carbocycles. The molecule has 1 amide bonds. The van der Waals surface area contributed by atoms with Gasteiger partial charge in [0.15, 0.2) is 0 Å². The lowest BCUT2D eigenvalue weighted by Gasteiger charge is -2.40. The number of anilines is 1. The Kier molecular flexibility index (Phi) is 6.43. The molecule has 148 valence electrons. The zero-order chi connectivity index (χ0) is 20.2. The first-order chi connectivity index (χ1) is 12.7. The highest BCUT2D eigenvalue weighted by Gasteiger charge is 2.45. The average Bonchev–Trinajstić information content (AvgIpc) is 2.62. The largest absolute Gasteiger partial charge is 0.481 e. The summed E-state index contributed by atoms with van der Waals surface area (Å²) in [5, 5.41) is 28.2. The van der Waals surface area contributed by atoms with Crippen LogP contribution in [0.2, 0.25) is 0 Å². The van der Waals surface area contributed by atoms with Gasteiger partial charge in [-0.25, -0.2) is 4.79 Å². The molecule has 0 bridgehead atoms. The normalized spacial score (nSPS) is 16.3. The Balaban J connectivity index is 2.25. The number of hydrogen-bond donors (Lipinski definition) is 3. The molecule has 1 aromatic rings. The van der Waals surface area contributed by atoms with Crippen LogP contribution in [0.25, 0.3) is 0 Å². The van der Waals surface area contributed by atoms with Crippen LogP contribution in [-0.4, -0.2) is 69.3 Å². The van der Waals surface area contributed by atoms with Crippen molar-refractivity contribution in [2.75, 3.05) is 24.5 Å². The first-order valence-electron chi connectivity index (χ1n) is 9.05. The highest BCUT2D eigenvalue weighted by atomic mass is 16.4. The van der Waals surface area contributed by atoms with Crippen LogP contribution in [0.3, 0.4) is 0 Å². The van der Waals surface area contributed by atoms with Crippen molar-refractivity contribution < 1.29 is 29.7 Å². The van der Waals surface area contributed by atoms with Crippen molar-refractivity contribution in [2.45, 2.75) is 44.8 Å². The summed E-state index contributed by atoms with van der Waals surface area (Å²) in [6.45, 7) is 4.56. The molecule has 8 heteroatoms. The summed E-state index contributed by atoms with van der Waals surface area (Å²) in [6.07, 6.45) is -0.715. The molecule has 1 aliphatic heterocycles. The van der Waals surface area contributed by atoms with E-state index in [1.54, 1.807) is 38.1 Å². The predicted octanol–water partition coefficient (Wildman–Crippen LogP) is 1.43. The number of rotatable bonds is 9. The standard InChI is InChI=1S/C19H26N2O6/c1-3-19(18(26)27,10-9-16(23)24)21(4-2)17(25)13-5-7-14(8-6-13)20-11-15(22)12-20/h5-8,15,22H,3-4,9-12H2,1-2H3,(H,23,24)(H,26,27)/t19-/m0/s1. The van der Waals surface area contributed by atoms with Crippen molar-refractivity contribution in [1.82, 2.24) is 4.90 Å². The van der Waals surface area contributed by atoms with Crippen LogP contribution in [0, 0.1) is 0 Å². The zero-order valence-electron chi connectivity index (χ0n) is 15.6. The monoisotopic (exact) mass is 378 g/mol. The van der Waals surface area contributed by atoms with Crippen LogP contribution in [0.5, 0.6) is 0 Å². The molecule has 0 unspecified atom stereocenters. The van der Waals surface area contributed by atoms with Crippen molar-refractivity contribution in [1.29, 1.82) is 0 Å². The van der Waals surface area contributed by atoms with Crippen molar-refractivity contribution in [3.8, 4) is 0 Å². The number of likely N-dealkylation sites (N-methyl/N-ethyl adjacent to an activating group) is 1. The maximum Gasteiger partial charge on any atom is 0.329 e. The molecule has 0 aliphatic carbocycles. The van der Waals surface area contributed by atoms with Gasteiger partial charge >= 0.3 is 11.9 Å². The topological polar surface area (TPSA) is 118 Å². The van der Waals surface area contributed by atoms with Crippen LogP contribution in [0.4, 0.5) is 5.69 Å². The maximum atomic E-state index is 13.0. The van der Waals surface area contributed by atoms with E-state index in [0.717, 1.165) is 5.69 Å². The predicted molar refractivity (Wildman–Crippen MR) is 98.9 cm³/mol. The van der Waals surface area contributed by atoms with Crippen molar-refractivity contribution in [3.63, 3.8) is 0 Å². The number of aliphatic carboxylic acids is 2. The van der Waals surface area contributed by atoms with E-state index in [-0.39, 0.29) is 31.9 Å². The van der Waals surface area contributed by atoms with Crippen molar-refractivity contribution in [3.05, 3.63) is 29.8 Å². The number of β-amino-alcohol motifs (C(OH)–C–C–N with tert-alkyl or cyclic N) is 1. The first-order valence-corrected chi connectivity index (χ1v) is 9.05. The van der Waals surface area contributed by atoms with Gasteiger partial charge in [-0.3, -0.25) is 9.59 Å². The Morgan fingerprint density at radius 1 is 1.15 bits per heavy atom. The van der Waals surface area contributed by atoms with Gasteiger partial charge < -0.3 is 25.1 Å². The molecule has 2 rings (SSSR count). The van der Waals surface area contributed by atoms with Crippen LogP contribution in [0.1, 0.15) is 43.5 Å². The number of amides is 1. The quantitative estimate of drug-likeness (QED) is 0.595. The fourth-order valence-corrected chi connectivity index (χ4v) is 3.47. The fraction of sp³-hybridized carbons (Fsp3) is 0.526. The molecule has 1 atom stereocenters. The van der Waals surface area contributed by atoms with Gasteiger partial charge in [0, 0.05) is 37.3 Å². The number of aliphatic hydroxyl groups is 1. The summed E-state index contributed by atoms with van der Waals surface area (Å²) in [5.41, 5.74) is -0.341. The third-order valence-corrected chi connectivity index (χ3v) is 5.16. The van der Waals surface area contributed by atoms with E-state index in [4.69, 9.17) is 5.11 Å². The van der Waals surface area contributed by atoms with Gasteiger partial charge in [0.2, 0.25) is 0 Å². The summed E-state index contributed by atoms with van der Waals surface area (Å²) in [5.74, 6) is -2.74. The van der Waals surface area contributed by atoms with Crippen LogP contribution in [0.15, 0.2) is 24.3 Å². The Morgan fingerprint density at radius 2 is 1.74 bits per heavy atom. The number of carboxylic acid groups (broad SMARTS) is 2. The van der Waals surface area contributed by atoms with E-state index in [9.17, 15) is 24.6 Å². The van der Waals surface area contributed by atoms with Crippen molar-refractivity contribution >= 4 is 23.5 Å². The Hall–Kier alpha value is -2.61. The number of carbonyl (C=O) groups is 3. The van der Waals surface area contributed by atoms with E-state index in [2.05, 4.69) is 0 Å². The molecule has 1 saturated heterocycles. The zero-order valence-corrected chi connectivity index (χ0v) is 15.6. The summed E-state index contributed by atoms with van der Waals surface area (Å²) in [6, 6.07) is 6.78. The lowest BCUT2D eigenvalue weighted by Crippen LogP contribution is -2.57. The van der Waals surface area contributed by atoms with Gasteiger partial charge in [-0.15, -0.1) is 0 Å². The minimum Gasteiger partial charge on any atom is -0.481 e. The molecule has 1 aromatic carbocycles. The van der Waals surface area contributed by atoms with Crippen LogP contribution in [-0.2, 0) is 9.59 Å².